The molecule has 2 atom stereocenters. The number of epoxide rings is 2. The second-order valence-corrected chi connectivity index (χ2v) is 7.73. The largest absolute Gasteiger partial charge is 0.491 e. The summed E-state index contributed by atoms with van der Waals surface area (Å²) in [6.07, 6.45) is 0.407. The summed E-state index contributed by atoms with van der Waals surface area (Å²) in [4.78, 5) is 0. The number of hydrogen-bond acceptors (Lipinski definition) is 5. The van der Waals surface area contributed by atoms with E-state index in [1.807, 2.05) is 48.5 Å². The van der Waals surface area contributed by atoms with Gasteiger partial charge in [0.2, 0.25) is 0 Å². The minimum Gasteiger partial charge on any atom is -0.491 e. The van der Waals surface area contributed by atoms with Crippen LogP contribution in [0.3, 0.4) is 0 Å². The van der Waals surface area contributed by atoms with Gasteiger partial charge >= 0.3 is 0 Å². The highest BCUT2D eigenvalue weighted by Gasteiger charge is 2.24. The zero-order valence-corrected chi connectivity index (χ0v) is 14.1. The lowest BCUT2D eigenvalue weighted by atomic mass is 10.3. The van der Waals surface area contributed by atoms with Crippen molar-refractivity contribution in [1.29, 1.82) is 0 Å². The van der Waals surface area contributed by atoms with Crippen LogP contribution in [0.5, 0.6) is 11.5 Å². The summed E-state index contributed by atoms with van der Waals surface area (Å²) in [6.45, 7) is 2.60. The molecule has 2 aromatic carbocycles. The van der Waals surface area contributed by atoms with Crippen molar-refractivity contribution in [2.75, 3.05) is 26.4 Å². The number of benzene rings is 2. The molecule has 0 N–H and O–H groups in total. The van der Waals surface area contributed by atoms with Crippen LogP contribution in [0.4, 0.5) is 0 Å². The van der Waals surface area contributed by atoms with Gasteiger partial charge in [0.25, 0.3) is 0 Å². The molecule has 2 saturated heterocycles. The normalized spacial score (nSPS) is 22.7. The molecule has 6 heteroatoms. The summed E-state index contributed by atoms with van der Waals surface area (Å²) in [5, 5.41) is 1.55. The fourth-order valence-corrected chi connectivity index (χ4v) is 3.70. The van der Waals surface area contributed by atoms with E-state index in [0.717, 1.165) is 35.3 Å². The third kappa shape index (κ3) is 4.18. The fourth-order valence-electron chi connectivity index (χ4n) is 2.33. The van der Waals surface area contributed by atoms with Crippen molar-refractivity contribution in [1.82, 2.24) is 0 Å². The first-order valence-corrected chi connectivity index (χ1v) is 9.42. The van der Waals surface area contributed by atoms with Crippen LogP contribution in [-0.4, -0.2) is 38.6 Å². The van der Waals surface area contributed by atoms with Gasteiger partial charge in [-0.05, 0) is 24.3 Å². The highest BCUT2D eigenvalue weighted by molar-refractivity contribution is 7.61. The van der Waals surface area contributed by atoms with Crippen LogP contribution < -0.4 is 20.1 Å². The van der Waals surface area contributed by atoms with Gasteiger partial charge < -0.3 is 23.5 Å². The van der Waals surface area contributed by atoms with Crippen molar-refractivity contribution in [3.63, 3.8) is 0 Å². The van der Waals surface area contributed by atoms with Gasteiger partial charge in [-0.2, -0.15) is 0 Å². The van der Waals surface area contributed by atoms with Crippen LogP contribution in [0, 0.1) is 0 Å². The molecule has 4 rings (SSSR count). The standard InChI is InChI=1S/C18H19O5P/c19-24(17-5-1-3-13(7-17)20-9-15-11-22-15)18-6-2-4-14(8-18)21-10-16-12-23-16/h1-8,15-16,24H,9-12H2. The molecule has 5 nitrogen and oxygen atoms in total. The highest BCUT2D eigenvalue weighted by atomic mass is 31.1. The Morgan fingerprint density at radius 1 is 0.875 bits per heavy atom. The molecule has 126 valence electrons. The van der Waals surface area contributed by atoms with E-state index >= 15 is 0 Å². The summed E-state index contributed by atoms with van der Waals surface area (Å²) in [6, 6.07) is 14.9. The van der Waals surface area contributed by atoms with Gasteiger partial charge in [-0.25, -0.2) is 0 Å². The van der Waals surface area contributed by atoms with Crippen molar-refractivity contribution >= 4 is 18.4 Å². The lowest BCUT2D eigenvalue weighted by molar-refractivity contribution is 0.263. The van der Waals surface area contributed by atoms with Crippen LogP contribution >= 0.6 is 7.80 Å². The topological polar surface area (TPSA) is 60.6 Å². The molecular weight excluding hydrogens is 327 g/mol. The lowest BCUT2D eigenvalue weighted by Gasteiger charge is -2.09. The van der Waals surface area contributed by atoms with E-state index in [0.29, 0.717) is 13.2 Å². The highest BCUT2D eigenvalue weighted by Crippen LogP contribution is 2.25. The zero-order chi connectivity index (χ0) is 16.4. The minimum absolute atomic E-state index is 0.204. The molecule has 2 aromatic rings. The van der Waals surface area contributed by atoms with Crippen molar-refractivity contribution in [2.24, 2.45) is 0 Å². The summed E-state index contributed by atoms with van der Waals surface area (Å²) in [7, 11) is -2.11. The second-order valence-electron chi connectivity index (χ2n) is 5.92. The average Bonchev–Trinajstić information content (AvgIpc) is 3.53. The molecule has 0 amide bonds. The molecule has 0 saturated carbocycles. The summed E-state index contributed by atoms with van der Waals surface area (Å²) >= 11 is 0. The first-order valence-electron chi connectivity index (χ1n) is 8.01. The molecule has 2 aliphatic rings. The Kier molecular flexibility index (Phi) is 4.56. The molecule has 0 bridgehead atoms. The van der Waals surface area contributed by atoms with Gasteiger partial charge in [0.15, 0.2) is 0 Å². The molecule has 24 heavy (non-hydrogen) atoms. The van der Waals surface area contributed by atoms with Crippen LogP contribution in [0.25, 0.3) is 0 Å². The van der Waals surface area contributed by atoms with Crippen LogP contribution in [0.1, 0.15) is 0 Å². The monoisotopic (exact) mass is 346 g/mol. The molecular formula is C18H19O5P. The summed E-state index contributed by atoms with van der Waals surface area (Å²) < 4.78 is 34.5. The molecule has 0 spiro atoms. The van der Waals surface area contributed by atoms with Crippen LogP contribution in [-0.2, 0) is 14.0 Å². The lowest BCUT2D eigenvalue weighted by Crippen LogP contribution is -2.10. The maximum Gasteiger partial charge on any atom is 0.132 e. The Morgan fingerprint density at radius 3 is 1.75 bits per heavy atom. The molecule has 0 aliphatic carbocycles. The minimum atomic E-state index is -2.11. The molecule has 0 radical (unpaired) electrons. The molecule has 2 aliphatic heterocycles. The summed E-state index contributed by atoms with van der Waals surface area (Å²) in [5.74, 6) is 1.44. The van der Waals surface area contributed by atoms with Gasteiger partial charge in [0, 0.05) is 10.6 Å². The van der Waals surface area contributed by atoms with E-state index in [4.69, 9.17) is 18.9 Å². The predicted molar refractivity (Wildman–Crippen MR) is 91.6 cm³/mol. The zero-order valence-electron chi connectivity index (χ0n) is 13.1. The summed E-state index contributed by atoms with van der Waals surface area (Å²) in [5.41, 5.74) is 0. The molecule has 2 unspecified atom stereocenters. The molecule has 2 heterocycles. The van der Waals surface area contributed by atoms with Crippen molar-refractivity contribution in [3.05, 3.63) is 48.5 Å². The van der Waals surface area contributed by atoms with Crippen molar-refractivity contribution < 1.29 is 23.5 Å². The Morgan fingerprint density at radius 2 is 1.33 bits per heavy atom. The van der Waals surface area contributed by atoms with Gasteiger partial charge in [-0.15, -0.1) is 0 Å². The Bertz CT molecular complexity index is 678. The van der Waals surface area contributed by atoms with Crippen LogP contribution in [0.2, 0.25) is 0 Å². The van der Waals surface area contributed by atoms with Gasteiger partial charge in [-0.1, -0.05) is 24.3 Å². The fraction of sp³-hybridized carbons (Fsp3) is 0.333. The first kappa shape index (κ1) is 15.7. The number of hydrogen-bond donors (Lipinski definition) is 0. The Labute approximate surface area is 141 Å². The van der Waals surface area contributed by atoms with E-state index in [1.54, 1.807) is 0 Å². The molecule has 2 fully saturated rings. The molecule has 0 aromatic heterocycles. The van der Waals surface area contributed by atoms with E-state index in [9.17, 15) is 4.57 Å². The van der Waals surface area contributed by atoms with Gasteiger partial charge in [-0.3, -0.25) is 0 Å². The van der Waals surface area contributed by atoms with Crippen molar-refractivity contribution in [2.45, 2.75) is 12.2 Å². The first-order chi connectivity index (χ1) is 11.8. The quantitative estimate of drug-likeness (QED) is 0.538. The Balaban J connectivity index is 1.45. The van der Waals surface area contributed by atoms with E-state index in [2.05, 4.69) is 0 Å². The average molecular weight is 346 g/mol. The number of rotatable bonds is 8. The third-order valence-electron chi connectivity index (χ3n) is 3.87. The predicted octanol–water partition coefficient (Wildman–Crippen LogP) is 1.75. The van der Waals surface area contributed by atoms with Gasteiger partial charge in [0.05, 0.1) is 13.2 Å². The van der Waals surface area contributed by atoms with E-state index < -0.39 is 7.80 Å². The van der Waals surface area contributed by atoms with Crippen LogP contribution in [0.15, 0.2) is 48.5 Å². The number of ether oxygens (including phenoxy) is 4. The third-order valence-corrected chi connectivity index (χ3v) is 5.54. The maximum absolute atomic E-state index is 12.9. The van der Waals surface area contributed by atoms with E-state index in [-0.39, 0.29) is 12.2 Å². The Hall–Kier alpha value is -1.81. The maximum atomic E-state index is 12.9. The second kappa shape index (κ2) is 6.98. The van der Waals surface area contributed by atoms with Crippen molar-refractivity contribution in [3.8, 4) is 11.5 Å². The smallest absolute Gasteiger partial charge is 0.132 e. The SMILES string of the molecule is O=[PH](c1cccc(OCC2CO2)c1)c1cccc(OCC2CO2)c1. The van der Waals surface area contributed by atoms with Gasteiger partial charge in [0.1, 0.15) is 44.7 Å². The van der Waals surface area contributed by atoms with E-state index in [1.165, 1.54) is 0 Å².